The number of hydrogen-bond donors (Lipinski definition) is 2. The van der Waals surface area contributed by atoms with Crippen molar-refractivity contribution in [2.75, 3.05) is 0 Å². The van der Waals surface area contributed by atoms with Gasteiger partial charge in [0.25, 0.3) is 0 Å². The molecule has 0 saturated carbocycles. The van der Waals surface area contributed by atoms with Crippen LogP contribution in [0.5, 0.6) is 0 Å². The fourth-order valence-electron chi connectivity index (χ4n) is 2.01. The molecule has 0 spiro atoms. The lowest BCUT2D eigenvalue weighted by Gasteiger charge is -2.26. The molecule has 1 rings (SSSR count). The number of nitrogens with two attached hydrogens (primary N) is 1. The van der Waals surface area contributed by atoms with Crippen LogP contribution in [0.25, 0.3) is 0 Å². The minimum absolute atomic E-state index is 0.0213. The Kier molecular flexibility index (Phi) is 5.35. The minimum Gasteiger partial charge on any atom is -0.481 e. The number of carboxylic acids is 1. The van der Waals surface area contributed by atoms with Crippen LogP contribution in [0.15, 0.2) is 16.6 Å². The summed E-state index contributed by atoms with van der Waals surface area (Å²) in [6, 6.07) is 2.14. The van der Waals surface area contributed by atoms with Crippen molar-refractivity contribution in [3.8, 4) is 0 Å². The topological polar surface area (TPSA) is 63.3 Å². The Labute approximate surface area is 125 Å². The third-order valence-corrected chi connectivity index (χ3v) is 4.04. The molecular formula is C13H16BrClFNO2. The van der Waals surface area contributed by atoms with Gasteiger partial charge in [0.05, 0.1) is 11.4 Å². The van der Waals surface area contributed by atoms with E-state index in [0.717, 1.165) is 0 Å². The molecule has 0 radical (unpaired) electrons. The average molecular weight is 353 g/mol. The number of carbonyl (C=O) groups is 1. The molecule has 0 aliphatic carbocycles. The van der Waals surface area contributed by atoms with E-state index in [2.05, 4.69) is 15.9 Å². The summed E-state index contributed by atoms with van der Waals surface area (Å²) in [6.45, 7) is 3.58. The van der Waals surface area contributed by atoms with Gasteiger partial charge in [-0.15, -0.1) is 0 Å². The van der Waals surface area contributed by atoms with E-state index in [0.29, 0.717) is 21.5 Å². The lowest BCUT2D eigenvalue weighted by atomic mass is 9.81. The van der Waals surface area contributed by atoms with Gasteiger partial charge >= 0.3 is 5.97 Å². The summed E-state index contributed by atoms with van der Waals surface area (Å²) in [4.78, 5) is 10.8. The lowest BCUT2D eigenvalue weighted by molar-refractivity contribution is -0.139. The largest absolute Gasteiger partial charge is 0.481 e. The first kappa shape index (κ1) is 16.4. The van der Waals surface area contributed by atoms with E-state index in [1.807, 2.05) is 0 Å². The number of carboxylic acid groups (broad SMARTS) is 1. The first-order valence-electron chi connectivity index (χ1n) is 5.74. The van der Waals surface area contributed by atoms with Crippen LogP contribution >= 0.6 is 27.5 Å². The maximum atomic E-state index is 13.8. The van der Waals surface area contributed by atoms with Gasteiger partial charge < -0.3 is 10.8 Å². The van der Waals surface area contributed by atoms with Crippen molar-refractivity contribution in [1.82, 2.24) is 0 Å². The smallest absolute Gasteiger partial charge is 0.303 e. The fraction of sp³-hybridized carbons (Fsp3) is 0.462. The van der Waals surface area contributed by atoms with Crippen molar-refractivity contribution in [3.63, 3.8) is 0 Å². The predicted octanol–water partition coefficient (Wildman–Crippen LogP) is 4.13. The number of hydrogen-bond acceptors (Lipinski definition) is 2. The molecule has 1 aromatic rings. The highest BCUT2D eigenvalue weighted by molar-refractivity contribution is 9.10. The SMILES string of the molecule is CC(C)(CC(=O)O)CC(N)c1cc(Cl)c(Br)cc1F. The van der Waals surface area contributed by atoms with Crippen LogP contribution in [0.3, 0.4) is 0 Å². The van der Waals surface area contributed by atoms with Crippen LogP contribution in [0.2, 0.25) is 5.02 Å². The van der Waals surface area contributed by atoms with Gasteiger partial charge in [-0.3, -0.25) is 4.79 Å². The van der Waals surface area contributed by atoms with Crippen LogP contribution in [-0.2, 0) is 4.79 Å². The minimum atomic E-state index is -0.897. The summed E-state index contributed by atoms with van der Waals surface area (Å²) in [6.07, 6.45) is 0.334. The van der Waals surface area contributed by atoms with Crippen molar-refractivity contribution in [2.24, 2.45) is 11.1 Å². The Morgan fingerprint density at radius 2 is 2.16 bits per heavy atom. The highest BCUT2D eigenvalue weighted by atomic mass is 79.9. The Hall–Kier alpha value is -0.650. The molecule has 3 N–H and O–H groups in total. The molecule has 3 nitrogen and oxygen atoms in total. The fourth-order valence-corrected chi connectivity index (χ4v) is 2.50. The van der Waals surface area contributed by atoms with E-state index in [1.54, 1.807) is 13.8 Å². The summed E-state index contributed by atoms with van der Waals surface area (Å²) < 4.78 is 14.3. The molecule has 19 heavy (non-hydrogen) atoms. The normalized spacial score (nSPS) is 13.4. The number of rotatable bonds is 5. The van der Waals surface area contributed by atoms with E-state index < -0.39 is 23.2 Å². The quantitative estimate of drug-likeness (QED) is 0.783. The van der Waals surface area contributed by atoms with Crippen molar-refractivity contribution in [3.05, 3.63) is 33.0 Å². The Morgan fingerprint density at radius 1 is 1.58 bits per heavy atom. The van der Waals surface area contributed by atoms with E-state index >= 15 is 0 Å². The van der Waals surface area contributed by atoms with Crippen LogP contribution in [0, 0.1) is 11.2 Å². The summed E-state index contributed by atoms with van der Waals surface area (Å²) in [5.74, 6) is -1.35. The molecule has 0 amide bonds. The third-order valence-electron chi connectivity index (χ3n) is 2.84. The second kappa shape index (κ2) is 6.20. The van der Waals surface area contributed by atoms with E-state index in [1.165, 1.54) is 12.1 Å². The summed E-state index contributed by atoms with van der Waals surface area (Å²) in [7, 11) is 0. The number of halogens is 3. The van der Waals surface area contributed by atoms with E-state index in [4.69, 9.17) is 22.4 Å². The molecule has 0 aliphatic heterocycles. The zero-order valence-corrected chi connectivity index (χ0v) is 13.1. The van der Waals surface area contributed by atoms with E-state index in [9.17, 15) is 9.18 Å². The van der Waals surface area contributed by atoms with Gasteiger partial charge in [-0.25, -0.2) is 4.39 Å². The Balaban J connectivity index is 2.92. The summed E-state index contributed by atoms with van der Waals surface area (Å²) >= 11 is 9.06. The molecule has 0 aromatic heterocycles. The van der Waals surface area contributed by atoms with Gasteiger partial charge in [0.15, 0.2) is 0 Å². The maximum Gasteiger partial charge on any atom is 0.303 e. The highest BCUT2D eigenvalue weighted by Gasteiger charge is 2.26. The predicted molar refractivity (Wildman–Crippen MR) is 76.7 cm³/mol. The van der Waals surface area contributed by atoms with Crippen molar-refractivity contribution < 1.29 is 14.3 Å². The average Bonchev–Trinajstić information content (AvgIpc) is 2.20. The van der Waals surface area contributed by atoms with E-state index in [-0.39, 0.29) is 6.42 Å². The standard InChI is InChI=1S/C13H16BrClFNO2/c1-13(2,6-12(18)19)5-11(17)7-3-9(15)8(14)4-10(7)16/h3-4,11H,5-6,17H2,1-2H3,(H,18,19). The molecular weight excluding hydrogens is 337 g/mol. The molecule has 1 unspecified atom stereocenters. The van der Waals surface area contributed by atoms with Gasteiger partial charge in [0, 0.05) is 16.1 Å². The van der Waals surface area contributed by atoms with Crippen LogP contribution in [0.4, 0.5) is 4.39 Å². The van der Waals surface area contributed by atoms with Crippen molar-refractivity contribution in [2.45, 2.75) is 32.7 Å². The van der Waals surface area contributed by atoms with Crippen molar-refractivity contribution in [1.29, 1.82) is 0 Å². The van der Waals surface area contributed by atoms with Gasteiger partial charge in [-0.1, -0.05) is 25.4 Å². The van der Waals surface area contributed by atoms with Crippen LogP contribution in [0.1, 0.15) is 38.3 Å². The van der Waals surface area contributed by atoms with Crippen LogP contribution < -0.4 is 5.73 Å². The molecule has 0 bridgehead atoms. The zero-order chi connectivity index (χ0) is 14.8. The molecule has 0 saturated heterocycles. The maximum absolute atomic E-state index is 13.8. The van der Waals surface area contributed by atoms with Gasteiger partial charge in [-0.05, 0) is 39.9 Å². The van der Waals surface area contributed by atoms with Crippen molar-refractivity contribution >= 4 is 33.5 Å². The molecule has 106 valence electrons. The van der Waals surface area contributed by atoms with Gasteiger partial charge in [0.1, 0.15) is 5.82 Å². The molecule has 0 heterocycles. The first-order chi connectivity index (χ1) is 8.62. The molecule has 6 heteroatoms. The third kappa shape index (κ3) is 4.75. The highest BCUT2D eigenvalue weighted by Crippen LogP contribution is 2.35. The monoisotopic (exact) mass is 351 g/mol. The second-order valence-electron chi connectivity index (χ2n) is 5.33. The summed E-state index contributed by atoms with van der Waals surface area (Å²) in [5.41, 5.74) is 5.75. The first-order valence-corrected chi connectivity index (χ1v) is 6.91. The van der Waals surface area contributed by atoms with Gasteiger partial charge in [0.2, 0.25) is 0 Å². The number of aliphatic carboxylic acids is 1. The Morgan fingerprint density at radius 3 is 2.68 bits per heavy atom. The molecule has 1 atom stereocenters. The second-order valence-corrected chi connectivity index (χ2v) is 6.59. The molecule has 0 aliphatic rings. The summed E-state index contributed by atoms with van der Waals surface area (Å²) in [5, 5.41) is 9.20. The zero-order valence-electron chi connectivity index (χ0n) is 10.7. The molecule has 0 fully saturated rings. The molecule has 1 aromatic carbocycles. The lowest BCUT2D eigenvalue weighted by Crippen LogP contribution is -2.24. The van der Waals surface area contributed by atoms with Crippen LogP contribution in [-0.4, -0.2) is 11.1 Å². The number of benzene rings is 1. The van der Waals surface area contributed by atoms with Gasteiger partial charge in [-0.2, -0.15) is 0 Å². The Bertz CT molecular complexity index is 494.